The summed E-state index contributed by atoms with van der Waals surface area (Å²) in [4.78, 5) is 38.2. The summed E-state index contributed by atoms with van der Waals surface area (Å²) in [7, 11) is 0. The molecule has 4 rings (SSSR count). The Morgan fingerprint density at radius 3 is 3.07 bits per heavy atom. The average Bonchev–Trinajstić information content (AvgIpc) is 2.74. The van der Waals surface area contributed by atoms with Gasteiger partial charge in [-0.1, -0.05) is 12.1 Å². The summed E-state index contributed by atoms with van der Waals surface area (Å²) in [5.74, 6) is 0.238. The van der Waals surface area contributed by atoms with Gasteiger partial charge in [0.2, 0.25) is 0 Å². The van der Waals surface area contributed by atoms with Crippen LogP contribution in [0, 0.1) is 0 Å². The third kappa shape index (κ3) is 4.32. The van der Waals surface area contributed by atoms with Gasteiger partial charge in [-0.05, 0) is 18.2 Å². The molecular weight excluding hydrogens is 374 g/mol. The van der Waals surface area contributed by atoms with Crippen molar-refractivity contribution in [2.24, 2.45) is 0 Å². The second-order valence-electron chi connectivity index (χ2n) is 6.80. The summed E-state index contributed by atoms with van der Waals surface area (Å²) < 4.78 is 5.62. The normalized spacial score (nSPS) is 17.3. The van der Waals surface area contributed by atoms with Gasteiger partial charge in [-0.25, -0.2) is 4.98 Å². The minimum atomic E-state index is -0.678. The summed E-state index contributed by atoms with van der Waals surface area (Å²) in [5.41, 5.74) is 1.50. The second kappa shape index (κ2) is 8.48. The lowest BCUT2D eigenvalue weighted by Gasteiger charge is -2.31. The van der Waals surface area contributed by atoms with Crippen molar-refractivity contribution < 1.29 is 14.6 Å². The van der Waals surface area contributed by atoms with Crippen molar-refractivity contribution in [1.82, 2.24) is 19.9 Å². The Balaban J connectivity index is 1.44. The quantitative estimate of drug-likeness (QED) is 0.580. The van der Waals surface area contributed by atoms with E-state index in [1.165, 1.54) is 6.20 Å². The first-order valence-corrected chi connectivity index (χ1v) is 9.30. The van der Waals surface area contributed by atoms with Crippen molar-refractivity contribution in [2.75, 3.05) is 25.0 Å². The number of para-hydroxylation sites is 1. The molecule has 1 aliphatic heterocycles. The standard InChI is InChI=1S/C20H21N5O4/c26-12-13-5-6-21-9-16(13)23-20(28)17-10-25(7-8-29-17)11-18-22-15-4-2-1-3-14(15)19(27)24-18/h1-6,9,17,26H,7-8,10-12H2,(H,23,28)(H,22,24,27). The number of benzene rings is 1. The van der Waals surface area contributed by atoms with Gasteiger partial charge in [-0.3, -0.25) is 19.5 Å². The summed E-state index contributed by atoms with van der Waals surface area (Å²) in [5, 5.41) is 12.7. The number of amides is 1. The van der Waals surface area contributed by atoms with Crippen molar-refractivity contribution in [1.29, 1.82) is 0 Å². The number of H-pyrrole nitrogens is 1. The number of pyridine rings is 1. The fourth-order valence-corrected chi connectivity index (χ4v) is 3.31. The molecule has 1 unspecified atom stereocenters. The molecule has 1 atom stereocenters. The predicted octanol–water partition coefficient (Wildman–Crippen LogP) is 0.650. The highest BCUT2D eigenvalue weighted by atomic mass is 16.5. The van der Waals surface area contributed by atoms with Crippen LogP contribution in [0.4, 0.5) is 5.69 Å². The minimum Gasteiger partial charge on any atom is -0.392 e. The van der Waals surface area contributed by atoms with Crippen LogP contribution in [0.3, 0.4) is 0 Å². The molecule has 3 heterocycles. The number of nitrogens with one attached hydrogen (secondary N) is 2. The zero-order valence-electron chi connectivity index (χ0n) is 15.7. The average molecular weight is 395 g/mol. The summed E-state index contributed by atoms with van der Waals surface area (Å²) in [6, 6.07) is 8.82. The molecule has 1 saturated heterocycles. The molecule has 150 valence electrons. The molecule has 3 N–H and O–H groups in total. The second-order valence-corrected chi connectivity index (χ2v) is 6.80. The van der Waals surface area contributed by atoms with Gasteiger partial charge in [-0.2, -0.15) is 0 Å². The number of nitrogens with zero attached hydrogens (tertiary/aromatic N) is 3. The number of aromatic amines is 1. The number of hydrogen-bond acceptors (Lipinski definition) is 7. The van der Waals surface area contributed by atoms with Crippen molar-refractivity contribution >= 4 is 22.5 Å². The Kier molecular flexibility index (Phi) is 5.61. The number of hydrogen-bond donors (Lipinski definition) is 3. The van der Waals surface area contributed by atoms with Crippen LogP contribution >= 0.6 is 0 Å². The fourth-order valence-electron chi connectivity index (χ4n) is 3.31. The number of fused-ring (bicyclic) bond motifs is 1. The lowest BCUT2D eigenvalue weighted by Crippen LogP contribution is -2.47. The van der Waals surface area contributed by atoms with Crippen molar-refractivity contribution in [3.8, 4) is 0 Å². The molecule has 1 aliphatic rings. The zero-order valence-corrected chi connectivity index (χ0v) is 15.7. The van der Waals surface area contributed by atoms with Crippen molar-refractivity contribution in [3.63, 3.8) is 0 Å². The largest absolute Gasteiger partial charge is 0.392 e. The van der Waals surface area contributed by atoms with Gasteiger partial charge in [0.15, 0.2) is 0 Å². The first-order valence-electron chi connectivity index (χ1n) is 9.30. The molecular formula is C20H21N5O4. The topological polar surface area (TPSA) is 120 Å². The van der Waals surface area contributed by atoms with Gasteiger partial charge in [0.25, 0.3) is 11.5 Å². The summed E-state index contributed by atoms with van der Waals surface area (Å²) >= 11 is 0. The summed E-state index contributed by atoms with van der Waals surface area (Å²) in [6.07, 6.45) is 2.37. The monoisotopic (exact) mass is 395 g/mol. The molecule has 9 heteroatoms. The smallest absolute Gasteiger partial charge is 0.258 e. The lowest BCUT2D eigenvalue weighted by atomic mass is 10.2. The zero-order chi connectivity index (χ0) is 20.2. The highest BCUT2D eigenvalue weighted by Gasteiger charge is 2.27. The number of carbonyl (C=O) groups excluding carboxylic acids is 1. The third-order valence-corrected chi connectivity index (χ3v) is 4.82. The third-order valence-electron chi connectivity index (χ3n) is 4.82. The lowest BCUT2D eigenvalue weighted by molar-refractivity contribution is -0.133. The maximum atomic E-state index is 12.6. The van der Waals surface area contributed by atoms with Crippen LogP contribution in [0.1, 0.15) is 11.4 Å². The first kappa shape index (κ1) is 19.2. The highest BCUT2D eigenvalue weighted by molar-refractivity contribution is 5.94. The van der Waals surface area contributed by atoms with Crippen LogP contribution in [-0.4, -0.2) is 56.7 Å². The van der Waals surface area contributed by atoms with E-state index in [0.717, 1.165) is 0 Å². The van der Waals surface area contributed by atoms with E-state index in [-0.39, 0.29) is 18.1 Å². The Labute approximate surface area is 166 Å². The van der Waals surface area contributed by atoms with E-state index >= 15 is 0 Å². The van der Waals surface area contributed by atoms with Crippen LogP contribution in [0.2, 0.25) is 0 Å². The Bertz CT molecular complexity index is 1080. The number of aliphatic hydroxyl groups excluding tert-OH is 1. The maximum Gasteiger partial charge on any atom is 0.258 e. The Hall–Kier alpha value is -3.14. The van der Waals surface area contributed by atoms with Gasteiger partial charge >= 0.3 is 0 Å². The SMILES string of the molecule is O=C(Nc1cnccc1CO)C1CN(Cc2nc3ccccc3c(=O)[nH]2)CCO1. The van der Waals surface area contributed by atoms with E-state index in [4.69, 9.17) is 4.74 Å². The van der Waals surface area contributed by atoms with Crippen LogP contribution < -0.4 is 10.9 Å². The molecule has 0 saturated carbocycles. The molecule has 1 fully saturated rings. The van der Waals surface area contributed by atoms with E-state index in [9.17, 15) is 14.7 Å². The van der Waals surface area contributed by atoms with Gasteiger partial charge in [-0.15, -0.1) is 0 Å². The van der Waals surface area contributed by atoms with Gasteiger partial charge in [0.05, 0.1) is 42.5 Å². The predicted molar refractivity (Wildman–Crippen MR) is 106 cm³/mol. The van der Waals surface area contributed by atoms with Crippen LogP contribution in [0.25, 0.3) is 10.9 Å². The minimum absolute atomic E-state index is 0.179. The molecule has 0 bridgehead atoms. The van der Waals surface area contributed by atoms with Gasteiger partial charge in [0.1, 0.15) is 11.9 Å². The number of rotatable bonds is 5. The van der Waals surface area contributed by atoms with E-state index in [0.29, 0.717) is 54.2 Å². The first-order chi connectivity index (χ1) is 14.1. The molecule has 1 amide bonds. The number of anilines is 1. The molecule has 0 aliphatic carbocycles. The van der Waals surface area contributed by atoms with E-state index in [1.54, 1.807) is 30.5 Å². The fraction of sp³-hybridized carbons (Fsp3) is 0.300. The molecule has 3 aromatic rings. The van der Waals surface area contributed by atoms with Crippen molar-refractivity contribution in [3.05, 3.63) is 64.5 Å². The van der Waals surface area contributed by atoms with Gasteiger partial charge < -0.3 is 20.1 Å². The van der Waals surface area contributed by atoms with E-state index < -0.39 is 6.10 Å². The number of carbonyl (C=O) groups is 1. The summed E-state index contributed by atoms with van der Waals surface area (Å²) in [6.45, 7) is 1.57. The highest BCUT2D eigenvalue weighted by Crippen LogP contribution is 2.16. The molecule has 29 heavy (non-hydrogen) atoms. The van der Waals surface area contributed by atoms with Crippen LogP contribution in [0.5, 0.6) is 0 Å². The number of aliphatic hydroxyl groups is 1. The molecule has 9 nitrogen and oxygen atoms in total. The maximum absolute atomic E-state index is 12.6. The van der Waals surface area contributed by atoms with Crippen molar-refractivity contribution in [2.45, 2.75) is 19.3 Å². The number of aromatic nitrogens is 3. The number of morpholine rings is 1. The molecule has 0 spiro atoms. The Morgan fingerprint density at radius 2 is 2.21 bits per heavy atom. The Morgan fingerprint density at radius 1 is 1.34 bits per heavy atom. The van der Waals surface area contributed by atoms with E-state index in [1.807, 2.05) is 11.0 Å². The molecule has 0 radical (unpaired) electrons. The number of ether oxygens (including phenoxy) is 1. The molecule has 1 aromatic carbocycles. The van der Waals surface area contributed by atoms with E-state index in [2.05, 4.69) is 20.3 Å². The van der Waals surface area contributed by atoms with Gasteiger partial charge in [0, 0.05) is 24.8 Å². The molecule has 2 aromatic heterocycles. The van der Waals surface area contributed by atoms with Crippen LogP contribution in [0.15, 0.2) is 47.5 Å². The van der Waals surface area contributed by atoms with Crippen LogP contribution in [-0.2, 0) is 22.7 Å².